The van der Waals surface area contributed by atoms with E-state index in [0.29, 0.717) is 18.5 Å². The molecule has 1 saturated heterocycles. The Morgan fingerprint density at radius 1 is 0.867 bits per heavy atom. The van der Waals surface area contributed by atoms with Crippen LogP contribution in [0.15, 0.2) is 48.5 Å². The van der Waals surface area contributed by atoms with E-state index in [9.17, 15) is 18.4 Å². The van der Waals surface area contributed by atoms with E-state index >= 15 is 0 Å². The van der Waals surface area contributed by atoms with Gasteiger partial charge in [-0.05, 0) is 73.6 Å². The molecule has 7 heteroatoms. The molecule has 1 saturated carbocycles. The van der Waals surface area contributed by atoms with Crippen molar-refractivity contribution in [1.82, 2.24) is 10.2 Å². The highest BCUT2D eigenvalue weighted by molar-refractivity contribution is 5.89. The minimum atomic E-state index is -0.390. The van der Waals surface area contributed by atoms with Gasteiger partial charge in [-0.2, -0.15) is 0 Å². The van der Waals surface area contributed by atoms with Crippen LogP contribution in [0.1, 0.15) is 37.2 Å². The highest BCUT2D eigenvalue weighted by atomic mass is 19.1. The summed E-state index contributed by atoms with van der Waals surface area (Å²) in [5, 5.41) is 5.64. The number of rotatable bonds is 4. The van der Waals surface area contributed by atoms with E-state index in [4.69, 9.17) is 0 Å². The van der Waals surface area contributed by atoms with E-state index in [1.807, 2.05) is 4.90 Å². The molecule has 4 rings (SSSR count). The van der Waals surface area contributed by atoms with Crippen molar-refractivity contribution in [3.63, 3.8) is 0 Å². The lowest BCUT2D eigenvalue weighted by atomic mass is 9.88. The Bertz CT molecular complexity index is 896. The van der Waals surface area contributed by atoms with Gasteiger partial charge in [0.1, 0.15) is 11.6 Å². The van der Waals surface area contributed by atoms with E-state index in [1.165, 1.54) is 36.4 Å². The zero-order valence-electron chi connectivity index (χ0n) is 16.6. The van der Waals surface area contributed by atoms with Crippen molar-refractivity contribution < 1.29 is 18.4 Å². The highest BCUT2D eigenvalue weighted by Gasteiger charge is 2.42. The van der Waals surface area contributed by atoms with Gasteiger partial charge >= 0.3 is 6.03 Å². The second-order valence-electron chi connectivity index (χ2n) is 8.07. The van der Waals surface area contributed by atoms with E-state index in [1.54, 1.807) is 12.1 Å². The predicted octanol–water partition coefficient (Wildman–Crippen LogP) is 4.27. The van der Waals surface area contributed by atoms with E-state index in [2.05, 4.69) is 10.6 Å². The van der Waals surface area contributed by atoms with Gasteiger partial charge in [0.15, 0.2) is 0 Å². The third-order valence-corrected chi connectivity index (χ3v) is 6.03. The van der Waals surface area contributed by atoms with Crippen molar-refractivity contribution in [1.29, 1.82) is 0 Å². The summed E-state index contributed by atoms with van der Waals surface area (Å²) in [6.45, 7) is 1.54. The van der Waals surface area contributed by atoms with Crippen LogP contribution in [0.2, 0.25) is 0 Å². The van der Waals surface area contributed by atoms with E-state index in [-0.39, 0.29) is 35.4 Å². The number of carbonyl (C=O) groups excluding carboxylic acids is 2. The molecule has 0 bridgehead atoms. The van der Waals surface area contributed by atoms with Gasteiger partial charge in [-0.1, -0.05) is 12.1 Å². The first-order chi connectivity index (χ1) is 14.5. The number of halogens is 2. The van der Waals surface area contributed by atoms with Crippen molar-refractivity contribution in [2.45, 2.75) is 37.6 Å². The summed E-state index contributed by atoms with van der Waals surface area (Å²) in [5.41, 5.74) is 1.41. The van der Waals surface area contributed by atoms with Crippen molar-refractivity contribution in [3.05, 3.63) is 65.7 Å². The van der Waals surface area contributed by atoms with Crippen LogP contribution in [0.5, 0.6) is 0 Å². The molecule has 2 aromatic carbocycles. The first-order valence-corrected chi connectivity index (χ1v) is 10.4. The molecular formula is C23H25F2N3O2. The molecule has 1 aliphatic carbocycles. The maximum absolute atomic E-state index is 13.4. The van der Waals surface area contributed by atoms with Crippen LogP contribution in [0.25, 0.3) is 0 Å². The number of likely N-dealkylation sites (tertiary alicyclic amines) is 1. The average Bonchev–Trinajstić information content (AvgIpc) is 3.40. The van der Waals surface area contributed by atoms with Crippen molar-refractivity contribution in [2.75, 3.05) is 18.4 Å². The smallest absolute Gasteiger partial charge is 0.319 e. The van der Waals surface area contributed by atoms with Crippen LogP contribution in [0.3, 0.4) is 0 Å². The molecule has 3 amide bonds. The largest absolute Gasteiger partial charge is 0.342 e. The van der Waals surface area contributed by atoms with Gasteiger partial charge in [-0.25, -0.2) is 13.6 Å². The van der Waals surface area contributed by atoms with Crippen LogP contribution in [-0.4, -0.2) is 36.0 Å². The number of nitrogens with one attached hydrogen (secondary N) is 2. The summed E-state index contributed by atoms with van der Waals surface area (Å²) >= 11 is 0. The third-order valence-electron chi connectivity index (χ3n) is 6.03. The molecule has 5 nitrogen and oxygen atoms in total. The van der Waals surface area contributed by atoms with E-state index in [0.717, 1.165) is 31.5 Å². The zero-order valence-corrected chi connectivity index (χ0v) is 16.6. The lowest BCUT2D eigenvalue weighted by Crippen LogP contribution is -2.38. The van der Waals surface area contributed by atoms with Gasteiger partial charge in [-0.3, -0.25) is 4.79 Å². The van der Waals surface area contributed by atoms with Crippen molar-refractivity contribution in [2.24, 2.45) is 5.92 Å². The fraction of sp³-hybridized carbons (Fsp3) is 0.391. The number of benzene rings is 2. The molecule has 0 radical (unpaired) electrons. The van der Waals surface area contributed by atoms with Crippen LogP contribution < -0.4 is 10.6 Å². The SMILES string of the molecule is O=C(Nc1ccc(F)cc1)N[C@@H]1C[C@H](C(=O)N2CCCC2)[C@@H](c2ccc(F)cc2)C1. The molecular weight excluding hydrogens is 388 g/mol. The minimum absolute atomic E-state index is 0.0742. The first kappa shape index (κ1) is 20.3. The van der Waals surface area contributed by atoms with Crippen molar-refractivity contribution >= 4 is 17.6 Å². The Labute approximate surface area is 174 Å². The predicted molar refractivity (Wildman–Crippen MR) is 110 cm³/mol. The Hall–Kier alpha value is -2.96. The summed E-state index contributed by atoms with van der Waals surface area (Å²) in [5.74, 6) is -0.890. The summed E-state index contributed by atoms with van der Waals surface area (Å²) in [6.07, 6.45) is 3.17. The number of nitrogens with zero attached hydrogens (tertiary/aromatic N) is 1. The van der Waals surface area contributed by atoms with Gasteiger partial charge in [0.05, 0.1) is 0 Å². The Morgan fingerprint density at radius 2 is 1.47 bits per heavy atom. The number of hydrogen-bond acceptors (Lipinski definition) is 2. The molecule has 30 heavy (non-hydrogen) atoms. The monoisotopic (exact) mass is 413 g/mol. The number of anilines is 1. The quantitative estimate of drug-likeness (QED) is 0.786. The number of urea groups is 1. The number of amides is 3. The van der Waals surface area contributed by atoms with Gasteiger partial charge in [-0.15, -0.1) is 0 Å². The first-order valence-electron chi connectivity index (χ1n) is 10.4. The Morgan fingerprint density at radius 3 is 2.10 bits per heavy atom. The molecule has 2 aromatic rings. The summed E-state index contributed by atoms with van der Waals surface area (Å²) in [4.78, 5) is 27.5. The molecule has 2 aliphatic rings. The average molecular weight is 413 g/mol. The molecule has 0 spiro atoms. The second kappa shape index (κ2) is 8.81. The summed E-state index contributed by atoms with van der Waals surface area (Å²) < 4.78 is 26.4. The molecule has 0 aromatic heterocycles. The Kier molecular flexibility index (Phi) is 5.97. The summed E-state index contributed by atoms with van der Waals surface area (Å²) in [7, 11) is 0. The molecule has 2 fully saturated rings. The molecule has 1 heterocycles. The van der Waals surface area contributed by atoms with Gasteiger partial charge in [0, 0.05) is 30.7 Å². The maximum Gasteiger partial charge on any atom is 0.319 e. The highest BCUT2D eigenvalue weighted by Crippen LogP contribution is 2.41. The van der Waals surface area contributed by atoms with Crippen LogP contribution in [0.4, 0.5) is 19.3 Å². The molecule has 158 valence electrons. The van der Waals surface area contributed by atoms with Gasteiger partial charge < -0.3 is 15.5 Å². The minimum Gasteiger partial charge on any atom is -0.342 e. The maximum atomic E-state index is 13.4. The second-order valence-corrected chi connectivity index (χ2v) is 8.07. The third kappa shape index (κ3) is 4.61. The molecule has 2 N–H and O–H groups in total. The van der Waals surface area contributed by atoms with Gasteiger partial charge in [0.25, 0.3) is 0 Å². The van der Waals surface area contributed by atoms with Crippen molar-refractivity contribution in [3.8, 4) is 0 Å². The van der Waals surface area contributed by atoms with Gasteiger partial charge in [0.2, 0.25) is 5.91 Å². The molecule has 1 aliphatic heterocycles. The lowest BCUT2D eigenvalue weighted by Gasteiger charge is -2.24. The molecule has 0 unspecified atom stereocenters. The topological polar surface area (TPSA) is 61.4 Å². The normalized spacial score (nSPS) is 23.4. The number of hydrogen-bond donors (Lipinski definition) is 2. The fourth-order valence-electron chi connectivity index (χ4n) is 4.56. The molecule has 3 atom stereocenters. The standard InChI is InChI=1S/C23H25F2N3O2/c24-16-5-3-15(4-6-16)20-13-19(14-21(20)22(29)28-11-1-2-12-28)27-23(30)26-18-9-7-17(25)8-10-18/h3-10,19-21H,1-2,11-14H2,(H2,26,27,30)/t19-,20+,21-/m0/s1. The lowest BCUT2D eigenvalue weighted by molar-refractivity contribution is -0.134. The van der Waals surface area contributed by atoms with E-state index < -0.39 is 6.03 Å². The fourth-order valence-corrected chi connectivity index (χ4v) is 4.56. The van der Waals surface area contributed by atoms with Crippen LogP contribution >= 0.6 is 0 Å². The summed E-state index contributed by atoms with van der Waals surface area (Å²) in [6, 6.07) is 11.2. The zero-order chi connectivity index (χ0) is 21.1. The van der Waals surface area contributed by atoms with Crippen LogP contribution in [-0.2, 0) is 4.79 Å². The Balaban J connectivity index is 1.46. The van der Waals surface area contributed by atoms with Crippen LogP contribution in [0, 0.1) is 17.6 Å². The number of carbonyl (C=O) groups is 2.